The van der Waals surface area contributed by atoms with Gasteiger partial charge >= 0.3 is 6.09 Å². The third kappa shape index (κ3) is 5.65. The van der Waals surface area contributed by atoms with Crippen LogP contribution in [0.15, 0.2) is 52.6 Å². The Hall–Kier alpha value is -2.22. The summed E-state index contributed by atoms with van der Waals surface area (Å²) in [4.78, 5) is 21.0. The van der Waals surface area contributed by atoms with Gasteiger partial charge in [0.05, 0.1) is 12.2 Å². The van der Waals surface area contributed by atoms with Crippen LogP contribution in [0.5, 0.6) is 0 Å². The summed E-state index contributed by atoms with van der Waals surface area (Å²) in [6.07, 6.45) is 2.67. The van der Waals surface area contributed by atoms with Gasteiger partial charge in [0.25, 0.3) is 0 Å². The molecule has 2 heterocycles. The lowest BCUT2D eigenvalue weighted by atomic mass is 10.1. The molecule has 0 spiro atoms. The molecule has 0 unspecified atom stereocenters. The number of ether oxygens (including phenoxy) is 1. The Morgan fingerprint density at radius 3 is 2.59 bits per heavy atom. The zero-order valence-corrected chi connectivity index (χ0v) is 18.3. The molecule has 0 fully saturated rings. The SMILES string of the molecule is CC(C)c1nc(COC(N)=O)n(Cc2cccnc2)c1Sc1cc(Cl)cc(Cl)c1. The zero-order chi connectivity index (χ0) is 21.0. The van der Waals surface area contributed by atoms with Gasteiger partial charge in [-0.25, -0.2) is 9.78 Å². The molecule has 2 aromatic heterocycles. The lowest BCUT2D eigenvalue weighted by Gasteiger charge is -2.14. The van der Waals surface area contributed by atoms with Crippen molar-refractivity contribution in [1.82, 2.24) is 14.5 Å². The van der Waals surface area contributed by atoms with Crippen molar-refractivity contribution < 1.29 is 9.53 Å². The molecule has 0 aliphatic heterocycles. The van der Waals surface area contributed by atoms with Crippen LogP contribution >= 0.6 is 35.0 Å². The summed E-state index contributed by atoms with van der Waals surface area (Å²) in [6.45, 7) is 4.61. The fourth-order valence-electron chi connectivity index (χ4n) is 2.77. The second-order valence-corrected chi connectivity index (χ2v) is 8.57. The molecule has 0 aliphatic rings. The number of hydrogen-bond acceptors (Lipinski definition) is 5. The van der Waals surface area contributed by atoms with Gasteiger partial charge in [-0.2, -0.15) is 0 Å². The van der Waals surface area contributed by atoms with Gasteiger partial charge in [-0.15, -0.1) is 0 Å². The van der Waals surface area contributed by atoms with Gasteiger partial charge in [0.1, 0.15) is 10.9 Å². The fourth-order valence-corrected chi connectivity index (χ4v) is 4.68. The predicted molar refractivity (Wildman–Crippen MR) is 115 cm³/mol. The van der Waals surface area contributed by atoms with Crippen LogP contribution < -0.4 is 5.73 Å². The molecule has 29 heavy (non-hydrogen) atoms. The van der Waals surface area contributed by atoms with Crippen LogP contribution in [0.3, 0.4) is 0 Å². The van der Waals surface area contributed by atoms with E-state index in [1.165, 1.54) is 11.8 Å². The van der Waals surface area contributed by atoms with Crippen LogP contribution in [0.2, 0.25) is 10.0 Å². The Balaban J connectivity index is 2.08. The molecule has 9 heteroatoms. The average Bonchev–Trinajstić information content (AvgIpc) is 2.97. The Morgan fingerprint density at radius 2 is 2.00 bits per heavy atom. The largest absolute Gasteiger partial charge is 0.442 e. The van der Waals surface area contributed by atoms with E-state index in [1.54, 1.807) is 18.5 Å². The minimum Gasteiger partial charge on any atom is -0.442 e. The molecule has 0 saturated heterocycles. The number of carbonyl (C=O) groups excluding carboxylic acids is 1. The minimum absolute atomic E-state index is 0.0216. The Kier molecular flexibility index (Phi) is 7.05. The van der Waals surface area contributed by atoms with Crippen molar-refractivity contribution in [2.45, 2.75) is 42.8 Å². The lowest BCUT2D eigenvalue weighted by molar-refractivity contribution is 0.145. The van der Waals surface area contributed by atoms with Crippen LogP contribution in [0.25, 0.3) is 0 Å². The summed E-state index contributed by atoms with van der Waals surface area (Å²) in [7, 11) is 0. The van der Waals surface area contributed by atoms with E-state index in [4.69, 9.17) is 38.7 Å². The monoisotopic (exact) mass is 450 g/mol. The van der Waals surface area contributed by atoms with E-state index < -0.39 is 6.09 Å². The molecule has 0 bridgehead atoms. The molecule has 0 aliphatic carbocycles. The third-order valence-corrected chi connectivity index (χ3v) is 5.56. The molecule has 0 saturated carbocycles. The summed E-state index contributed by atoms with van der Waals surface area (Å²) in [5.41, 5.74) is 7.04. The van der Waals surface area contributed by atoms with Crippen molar-refractivity contribution in [3.8, 4) is 0 Å². The maximum atomic E-state index is 11.2. The van der Waals surface area contributed by atoms with E-state index in [1.807, 2.05) is 28.8 Å². The smallest absolute Gasteiger partial charge is 0.404 e. The standard InChI is InChI=1S/C20H20Cl2N4O2S/c1-12(2)18-19(29-16-7-14(21)6-15(22)8-16)26(10-13-4-3-5-24-9-13)17(25-18)11-28-20(23)27/h3-9,12H,10-11H2,1-2H3,(H2,23,27). The van der Waals surface area contributed by atoms with E-state index in [-0.39, 0.29) is 12.5 Å². The number of rotatable bonds is 7. The van der Waals surface area contributed by atoms with E-state index in [9.17, 15) is 4.79 Å². The van der Waals surface area contributed by atoms with E-state index >= 15 is 0 Å². The number of benzene rings is 1. The van der Waals surface area contributed by atoms with Crippen molar-refractivity contribution in [2.24, 2.45) is 5.73 Å². The zero-order valence-electron chi connectivity index (χ0n) is 15.9. The van der Waals surface area contributed by atoms with Crippen molar-refractivity contribution >= 4 is 41.1 Å². The van der Waals surface area contributed by atoms with E-state index in [0.29, 0.717) is 22.4 Å². The van der Waals surface area contributed by atoms with Gasteiger partial charge in [0.2, 0.25) is 0 Å². The summed E-state index contributed by atoms with van der Waals surface area (Å²) in [6, 6.07) is 9.24. The van der Waals surface area contributed by atoms with Gasteiger partial charge in [-0.3, -0.25) is 4.98 Å². The van der Waals surface area contributed by atoms with Gasteiger partial charge < -0.3 is 15.0 Å². The van der Waals surface area contributed by atoms with Crippen LogP contribution in [0.1, 0.15) is 36.8 Å². The number of aromatic nitrogens is 3. The first-order chi connectivity index (χ1) is 13.8. The molecule has 1 amide bonds. The molecule has 3 aromatic rings. The number of nitrogens with zero attached hydrogens (tertiary/aromatic N) is 3. The van der Waals surface area contributed by atoms with Gasteiger partial charge in [0.15, 0.2) is 6.61 Å². The summed E-state index contributed by atoms with van der Waals surface area (Å²) < 4.78 is 7.04. The second kappa shape index (κ2) is 9.52. The molecule has 0 radical (unpaired) electrons. The van der Waals surface area contributed by atoms with Crippen LogP contribution in [0.4, 0.5) is 4.79 Å². The Labute approximate surface area is 183 Å². The topological polar surface area (TPSA) is 83.0 Å². The number of amides is 1. The third-order valence-electron chi connectivity index (χ3n) is 4.03. The van der Waals surface area contributed by atoms with Crippen LogP contribution in [-0.2, 0) is 17.9 Å². The molecular weight excluding hydrogens is 431 g/mol. The number of nitrogens with two attached hydrogens (primary N) is 1. The highest BCUT2D eigenvalue weighted by Gasteiger charge is 2.22. The van der Waals surface area contributed by atoms with E-state index in [0.717, 1.165) is 21.2 Å². The number of halogens is 2. The molecule has 0 atom stereocenters. The second-order valence-electron chi connectivity index (χ2n) is 6.64. The lowest BCUT2D eigenvalue weighted by Crippen LogP contribution is -2.15. The highest BCUT2D eigenvalue weighted by atomic mass is 35.5. The van der Waals surface area contributed by atoms with E-state index in [2.05, 4.69) is 18.8 Å². The Morgan fingerprint density at radius 1 is 1.28 bits per heavy atom. The predicted octanol–water partition coefficient (Wildman–Crippen LogP) is 5.50. The number of pyridine rings is 1. The first-order valence-corrected chi connectivity index (χ1v) is 10.4. The van der Waals surface area contributed by atoms with Gasteiger partial charge in [-0.05, 0) is 35.7 Å². The van der Waals surface area contributed by atoms with Crippen molar-refractivity contribution in [1.29, 1.82) is 0 Å². The molecule has 2 N–H and O–H groups in total. The first kappa shape index (κ1) is 21.5. The minimum atomic E-state index is -0.845. The molecule has 152 valence electrons. The summed E-state index contributed by atoms with van der Waals surface area (Å²) in [5, 5.41) is 2.04. The molecule has 3 rings (SSSR count). The van der Waals surface area contributed by atoms with Crippen molar-refractivity contribution in [3.05, 3.63) is 69.9 Å². The van der Waals surface area contributed by atoms with Crippen LogP contribution in [0, 0.1) is 0 Å². The summed E-state index contributed by atoms with van der Waals surface area (Å²) in [5.74, 6) is 0.751. The molecule has 6 nitrogen and oxygen atoms in total. The Bertz CT molecular complexity index is 989. The highest BCUT2D eigenvalue weighted by molar-refractivity contribution is 7.99. The fraction of sp³-hybridized carbons (Fsp3) is 0.250. The van der Waals surface area contributed by atoms with Crippen molar-refractivity contribution in [3.63, 3.8) is 0 Å². The summed E-state index contributed by atoms with van der Waals surface area (Å²) >= 11 is 13.9. The van der Waals surface area contributed by atoms with Gasteiger partial charge in [0, 0.05) is 27.3 Å². The normalized spacial score (nSPS) is 11.1. The average molecular weight is 451 g/mol. The first-order valence-electron chi connectivity index (χ1n) is 8.88. The number of imidazole rings is 1. The highest BCUT2D eigenvalue weighted by Crippen LogP contribution is 2.37. The number of primary amides is 1. The van der Waals surface area contributed by atoms with Gasteiger partial charge in [-0.1, -0.05) is 54.9 Å². The van der Waals surface area contributed by atoms with Crippen LogP contribution in [-0.4, -0.2) is 20.6 Å². The quantitative estimate of drug-likeness (QED) is 0.513. The number of hydrogen-bond donors (Lipinski definition) is 1. The maximum absolute atomic E-state index is 11.2. The molecule has 1 aromatic carbocycles. The molecular formula is C20H20Cl2N4O2S. The van der Waals surface area contributed by atoms with Crippen molar-refractivity contribution in [2.75, 3.05) is 0 Å². The maximum Gasteiger partial charge on any atom is 0.404 e. The number of carbonyl (C=O) groups is 1.